The average molecular weight is 436 g/mol. The summed E-state index contributed by atoms with van der Waals surface area (Å²) < 4.78 is 46.4. The summed E-state index contributed by atoms with van der Waals surface area (Å²) in [6.45, 7) is 2.51. The van der Waals surface area contributed by atoms with Crippen molar-refractivity contribution < 1.29 is 17.9 Å². The number of hydrogen-bond donors (Lipinski definition) is 0. The fourth-order valence-electron chi connectivity index (χ4n) is 4.10. The van der Waals surface area contributed by atoms with E-state index in [1.165, 1.54) is 42.6 Å². The molecule has 31 heavy (non-hydrogen) atoms. The number of nitrogens with zero attached hydrogens (tertiary/aromatic N) is 3. The maximum Gasteiger partial charge on any atom is 0.421 e. The molecule has 1 aromatic carbocycles. The van der Waals surface area contributed by atoms with Crippen LogP contribution in [-0.4, -0.2) is 23.6 Å². The fourth-order valence-corrected chi connectivity index (χ4v) is 4.10. The molecule has 0 aliphatic heterocycles. The zero-order valence-corrected chi connectivity index (χ0v) is 18.4. The number of aromatic nitrogens is 2. The number of benzene rings is 1. The first-order valence-corrected chi connectivity index (χ1v) is 11.3. The molecule has 1 aliphatic rings. The van der Waals surface area contributed by atoms with Gasteiger partial charge in [-0.15, -0.1) is 0 Å². The van der Waals surface area contributed by atoms with Gasteiger partial charge < -0.3 is 9.64 Å². The Balaban J connectivity index is 1.78. The lowest BCUT2D eigenvalue weighted by Crippen LogP contribution is -2.19. The topological polar surface area (TPSA) is 38.2 Å². The van der Waals surface area contributed by atoms with E-state index in [4.69, 9.17) is 4.74 Å². The van der Waals surface area contributed by atoms with Crippen LogP contribution in [0.2, 0.25) is 0 Å². The molecule has 170 valence electrons. The third-order valence-electron chi connectivity index (χ3n) is 5.96. The molecular weight excluding hydrogens is 403 g/mol. The maximum absolute atomic E-state index is 13.6. The molecule has 0 unspecified atom stereocenters. The molecule has 0 bridgehead atoms. The van der Waals surface area contributed by atoms with Gasteiger partial charge >= 0.3 is 12.2 Å². The second kappa shape index (κ2) is 10.8. The predicted octanol–water partition coefficient (Wildman–Crippen LogP) is 7.27. The average Bonchev–Trinajstić information content (AvgIpc) is 2.78. The van der Waals surface area contributed by atoms with Crippen molar-refractivity contribution >= 4 is 11.5 Å². The minimum Gasteiger partial charge on any atom is -0.463 e. The Morgan fingerprint density at radius 1 is 1.03 bits per heavy atom. The van der Waals surface area contributed by atoms with Gasteiger partial charge in [0.15, 0.2) is 5.82 Å². The molecular formula is C24H32F3N3O. The van der Waals surface area contributed by atoms with Crippen LogP contribution in [0.25, 0.3) is 0 Å². The van der Waals surface area contributed by atoms with Gasteiger partial charge in [-0.1, -0.05) is 57.6 Å². The standard InChI is InChI=1S/C24H32F3N3O/c1-3-4-5-9-16-31-23-28-17-21(24(25,26)27)22(29-23)30(2)20-14-12-19(13-15-20)18-10-7-6-8-11-18/h12-15,17-18H,3-11,16H2,1-2H3. The second-order valence-corrected chi connectivity index (χ2v) is 8.28. The largest absolute Gasteiger partial charge is 0.463 e. The minimum absolute atomic E-state index is 0.0230. The fraction of sp³-hybridized carbons (Fsp3) is 0.583. The maximum atomic E-state index is 13.6. The van der Waals surface area contributed by atoms with Gasteiger partial charge in [-0.25, -0.2) is 4.98 Å². The molecule has 1 aliphatic carbocycles. The summed E-state index contributed by atoms with van der Waals surface area (Å²) in [6.07, 6.45) is 6.43. The van der Waals surface area contributed by atoms with Crippen LogP contribution in [0.1, 0.15) is 81.8 Å². The van der Waals surface area contributed by atoms with E-state index in [1.807, 2.05) is 24.3 Å². The molecule has 1 saturated carbocycles. The number of rotatable bonds is 9. The monoisotopic (exact) mass is 435 g/mol. The third kappa shape index (κ3) is 6.34. The van der Waals surface area contributed by atoms with E-state index in [0.29, 0.717) is 18.2 Å². The summed E-state index contributed by atoms with van der Waals surface area (Å²) >= 11 is 0. The molecule has 3 rings (SSSR count). The van der Waals surface area contributed by atoms with Crippen LogP contribution in [0.3, 0.4) is 0 Å². The van der Waals surface area contributed by atoms with E-state index >= 15 is 0 Å². The number of unbranched alkanes of at least 4 members (excludes halogenated alkanes) is 3. The smallest absolute Gasteiger partial charge is 0.421 e. The summed E-state index contributed by atoms with van der Waals surface area (Å²) in [5.41, 5.74) is 1.04. The molecule has 1 aromatic heterocycles. The summed E-state index contributed by atoms with van der Waals surface area (Å²) in [5, 5.41) is 0. The molecule has 2 aromatic rings. The predicted molar refractivity (Wildman–Crippen MR) is 117 cm³/mol. The Bertz CT molecular complexity index is 818. The van der Waals surface area contributed by atoms with Crippen LogP contribution in [0.5, 0.6) is 6.01 Å². The zero-order chi connectivity index (χ0) is 22.3. The van der Waals surface area contributed by atoms with Crippen molar-refractivity contribution in [2.75, 3.05) is 18.6 Å². The Hall–Kier alpha value is -2.31. The van der Waals surface area contributed by atoms with Gasteiger partial charge in [-0.05, 0) is 42.9 Å². The highest BCUT2D eigenvalue weighted by molar-refractivity contribution is 5.63. The molecule has 1 heterocycles. The lowest BCUT2D eigenvalue weighted by Gasteiger charge is -2.25. The highest BCUT2D eigenvalue weighted by atomic mass is 19.4. The van der Waals surface area contributed by atoms with Gasteiger partial charge in [0.05, 0.1) is 6.61 Å². The van der Waals surface area contributed by atoms with Crippen LogP contribution >= 0.6 is 0 Å². The second-order valence-electron chi connectivity index (χ2n) is 8.28. The molecule has 0 amide bonds. The van der Waals surface area contributed by atoms with Crippen molar-refractivity contribution in [2.24, 2.45) is 0 Å². The number of ether oxygens (including phenoxy) is 1. The van der Waals surface area contributed by atoms with Crippen LogP contribution in [0.15, 0.2) is 30.5 Å². The quantitative estimate of drug-likeness (QED) is 0.388. The molecule has 0 atom stereocenters. The van der Waals surface area contributed by atoms with Crippen LogP contribution in [-0.2, 0) is 6.18 Å². The molecule has 0 N–H and O–H groups in total. The summed E-state index contributed by atoms with van der Waals surface area (Å²) in [5.74, 6) is 0.349. The Morgan fingerprint density at radius 2 is 1.74 bits per heavy atom. The van der Waals surface area contributed by atoms with E-state index in [2.05, 4.69) is 16.9 Å². The van der Waals surface area contributed by atoms with E-state index in [1.54, 1.807) is 7.05 Å². The van der Waals surface area contributed by atoms with Gasteiger partial charge in [0.2, 0.25) is 0 Å². The first kappa shape index (κ1) is 23.4. The van der Waals surface area contributed by atoms with Crippen LogP contribution < -0.4 is 9.64 Å². The van der Waals surface area contributed by atoms with Crippen LogP contribution in [0.4, 0.5) is 24.7 Å². The number of hydrogen-bond acceptors (Lipinski definition) is 4. The number of alkyl halides is 3. The highest BCUT2D eigenvalue weighted by Crippen LogP contribution is 2.38. The molecule has 7 heteroatoms. The molecule has 0 radical (unpaired) electrons. The SMILES string of the molecule is CCCCCCOc1ncc(C(F)(F)F)c(N(C)c2ccc(C3CCCCC3)cc2)n1. The lowest BCUT2D eigenvalue weighted by molar-refractivity contribution is -0.137. The van der Waals surface area contributed by atoms with Gasteiger partial charge in [0.1, 0.15) is 5.56 Å². The summed E-state index contributed by atoms with van der Waals surface area (Å²) in [7, 11) is 1.60. The molecule has 1 fully saturated rings. The Morgan fingerprint density at radius 3 is 2.39 bits per heavy atom. The third-order valence-corrected chi connectivity index (χ3v) is 5.96. The van der Waals surface area contributed by atoms with E-state index < -0.39 is 11.7 Å². The van der Waals surface area contributed by atoms with Gasteiger partial charge in [0.25, 0.3) is 0 Å². The molecule has 4 nitrogen and oxygen atoms in total. The molecule has 0 spiro atoms. The Labute approximate surface area is 182 Å². The van der Waals surface area contributed by atoms with Gasteiger partial charge in [-0.2, -0.15) is 18.2 Å². The van der Waals surface area contributed by atoms with Gasteiger partial charge in [-0.3, -0.25) is 0 Å². The Kier molecular flexibility index (Phi) is 8.15. The summed E-state index contributed by atoms with van der Waals surface area (Å²) in [6, 6.07) is 7.78. The van der Waals surface area contributed by atoms with Crippen molar-refractivity contribution in [3.8, 4) is 6.01 Å². The van der Waals surface area contributed by atoms with E-state index in [9.17, 15) is 13.2 Å². The minimum atomic E-state index is -4.55. The first-order valence-electron chi connectivity index (χ1n) is 11.3. The van der Waals surface area contributed by atoms with Crippen molar-refractivity contribution in [2.45, 2.75) is 76.8 Å². The van der Waals surface area contributed by atoms with Crippen molar-refractivity contribution in [3.05, 3.63) is 41.6 Å². The molecule has 0 saturated heterocycles. The zero-order valence-electron chi connectivity index (χ0n) is 18.4. The van der Waals surface area contributed by atoms with Crippen molar-refractivity contribution in [3.63, 3.8) is 0 Å². The van der Waals surface area contributed by atoms with E-state index in [-0.39, 0.29) is 11.8 Å². The van der Waals surface area contributed by atoms with E-state index in [0.717, 1.165) is 31.9 Å². The lowest BCUT2D eigenvalue weighted by atomic mass is 9.84. The normalized spacial score (nSPS) is 15.1. The summed E-state index contributed by atoms with van der Waals surface area (Å²) in [4.78, 5) is 9.37. The van der Waals surface area contributed by atoms with Crippen LogP contribution in [0, 0.1) is 0 Å². The van der Waals surface area contributed by atoms with Crippen molar-refractivity contribution in [1.29, 1.82) is 0 Å². The highest BCUT2D eigenvalue weighted by Gasteiger charge is 2.36. The number of halogens is 3. The van der Waals surface area contributed by atoms with Crippen molar-refractivity contribution in [1.82, 2.24) is 9.97 Å². The first-order chi connectivity index (χ1) is 14.9. The van der Waals surface area contributed by atoms with Gasteiger partial charge in [0, 0.05) is 18.9 Å². The number of anilines is 2.